The van der Waals surface area contributed by atoms with Gasteiger partial charge in [-0.25, -0.2) is 0 Å². The van der Waals surface area contributed by atoms with Gasteiger partial charge in [0.15, 0.2) is 0 Å². The zero-order chi connectivity index (χ0) is 11.1. The number of hydrogen-bond acceptors (Lipinski definition) is 3. The van der Waals surface area contributed by atoms with Crippen LogP contribution in [0.3, 0.4) is 0 Å². The van der Waals surface area contributed by atoms with Crippen LogP contribution in [0.25, 0.3) is 0 Å². The molecule has 3 nitrogen and oxygen atoms in total. The van der Waals surface area contributed by atoms with Crippen molar-refractivity contribution in [1.29, 1.82) is 0 Å². The lowest BCUT2D eigenvalue weighted by atomic mass is 9.94. The van der Waals surface area contributed by atoms with Crippen molar-refractivity contribution in [3.8, 4) is 0 Å². The summed E-state index contributed by atoms with van der Waals surface area (Å²) in [5.74, 6) is 0.464. The molecule has 3 N–H and O–H groups in total. The second-order valence-corrected chi connectivity index (χ2v) is 4.61. The maximum atomic E-state index is 10.5. The lowest BCUT2D eigenvalue weighted by molar-refractivity contribution is -0.120. The Balaban J connectivity index is 0.000000151. The average Bonchev–Trinajstić information content (AvgIpc) is 2.25. The molecule has 88 valence electrons. The van der Waals surface area contributed by atoms with Gasteiger partial charge < -0.3 is 10.8 Å². The van der Waals surface area contributed by atoms with E-state index in [4.69, 9.17) is 10.8 Å². The highest BCUT2D eigenvalue weighted by Crippen LogP contribution is 2.15. The molecule has 0 amide bonds. The molecule has 2 aliphatic rings. The summed E-state index contributed by atoms with van der Waals surface area (Å²) in [5, 5.41) is 9.05. The van der Waals surface area contributed by atoms with Gasteiger partial charge in [0.05, 0.1) is 6.10 Å². The Morgan fingerprint density at radius 2 is 1.60 bits per heavy atom. The third kappa shape index (κ3) is 5.28. The van der Waals surface area contributed by atoms with Crippen molar-refractivity contribution in [3.63, 3.8) is 0 Å². The molecule has 0 heterocycles. The van der Waals surface area contributed by atoms with E-state index in [0.29, 0.717) is 5.78 Å². The number of carbonyl (C=O) groups is 1. The van der Waals surface area contributed by atoms with Gasteiger partial charge in [0.2, 0.25) is 0 Å². The molecule has 0 aromatic rings. The van der Waals surface area contributed by atoms with E-state index in [-0.39, 0.29) is 12.1 Å². The summed E-state index contributed by atoms with van der Waals surface area (Å²) >= 11 is 0. The van der Waals surface area contributed by atoms with Gasteiger partial charge >= 0.3 is 0 Å². The Bertz CT molecular complexity index is 176. The number of Topliss-reactive ketones (excluding diaryl/α,β-unsaturated/α-hetero) is 1. The third-order valence-electron chi connectivity index (χ3n) is 3.19. The van der Waals surface area contributed by atoms with Crippen molar-refractivity contribution in [1.82, 2.24) is 0 Å². The van der Waals surface area contributed by atoms with Crippen LogP contribution < -0.4 is 5.73 Å². The van der Waals surface area contributed by atoms with E-state index >= 15 is 0 Å². The van der Waals surface area contributed by atoms with E-state index in [1.807, 2.05) is 0 Å². The molecule has 2 unspecified atom stereocenters. The molecule has 0 spiro atoms. The van der Waals surface area contributed by atoms with Gasteiger partial charge in [0, 0.05) is 18.9 Å². The molecule has 2 fully saturated rings. The van der Waals surface area contributed by atoms with Crippen LogP contribution in [0.4, 0.5) is 0 Å². The van der Waals surface area contributed by atoms with E-state index in [0.717, 1.165) is 44.9 Å². The van der Waals surface area contributed by atoms with E-state index < -0.39 is 0 Å². The predicted molar refractivity (Wildman–Crippen MR) is 60.5 cm³/mol. The molecule has 0 radical (unpaired) electrons. The van der Waals surface area contributed by atoms with Crippen LogP contribution in [0.1, 0.15) is 57.8 Å². The van der Waals surface area contributed by atoms with Crippen LogP contribution in [0.5, 0.6) is 0 Å². The normalized spacial score (nSPS) is 31.7. The molecule has 2 atom stereocenters. The highest BCUT2D eigenvalue weighted by atomic mass is 16.3. The van der Waals surface area contributed by atoms with Crippen LogP contribution in [0, 0.1) is 0 Å². The molecule has 0 aromatic carbocycles. The minimum atomic E-state index is -0.219. The first-order valence-electron chi connectivity index (χ1n) is 6.15. The molecule has 0 aliphatic heterocycles. The summed E-state index contributed by atoms with van der Waals surface area (Å²) in [6, 6.07) is 0.0590. The number of aliphatic hydroxyl groups is 1. The van der Waals surface area contributed by atoms with Crippen LogP contribution >= 0.6 is 0 Å². The van der Waals surface area contributed by atoms with Crippen LogP contribution in [-0.2, 0) is 4.79 Å². The fourth-order valence-electron chi connectivity index (χ4n) is 2.09. The van der Waals surface area contributed by atoms with Crippen LogP contribution in [0.2, 0.25) is 0 Å². The second-order valence-electron chi connectivity index (χ2n) is 4.61. The average molecular weight is 213 g/mol. The van der Waals surface area contributed by atoms with Gasteiger partial charge in [0.1, 0.15) is 5.78 Å². The van der Waals surface area contributed by atoms with Gasteiger partial charge in [-0.05, 0) is 25.7 Å². The van der Waals surface area contributed by atoms with Gasteiger partial charge in [-0.1, -0.05) is 19.3 Å². The maximum absolute atomic E-state index is 10.5. The highest BCUT2D eigenvalue weighted by molar-refractivity contribution is 5.78. The van der Waals surface area contributed by atoms with Crippen molar-refractivity contribution in [2.45, 2.75) is 69.9 Å². The van der Waals surface area contributed by atoms with Gasteiger partial charge in [-0.2, -0.15) is 0 Å². The molecule has 15 heavy (non-hydrogen) atoms. The van der Waals surface area contributed by atoms with E-state index in [1.165, 1.54) is 12.8 Å². The second kappa shape index (κ2) is 6.96. The Labute approximate surface area is 92.0 Å². The number of nitrogens with two attached hydrogens (primary N) is 1. The smallest absolute Gasteiger partial charge is 0.132 e. The van der Waals surface area contributed by atoms with Gasteiger partial charge in [0.25, 0.3) is 0 Å². The molecule has 2 aliphatic carbocycles. The standard InChI is InChI=1S/C6H13NO.C6H10O/c7-5-3-1-2-4-6(5)8;7-6-4-2-1-3-5-6/h5-6,8H,1-4,7H2;1-5H2. The maximum Gasteiger partial charge on any atom is 0.132 e. The third-order valence-corrected chi connectivity index (χ3v) is 3.19. The lowest BCUT2D eigenvalue weighted by Gasteiger charge is -2.23. The molecule has 0 bridgehead atoms. The summed E-state index contributed by atoms with van der Waals surface area (Å²) < 4.78 is 0. The van der Waals surface area contributed by atoms with Crippen molar-refractivity contribution in [2.75, 3.05) is 0 Å². The molecule has 2 rings (SSSR count). The fraction of sp³-hybridized carbons (Fsp3) is 0.917. The minimum Gasteiger partial charge on any atom is -0.392 e. The van der Waals surface area contributed by atoms with E-state index in [9.17, 15) is 4.79 Å². The molecule has 3 heteroatoms. The zero-order valence-electron chi connectivity index (χ0n) is 9.45. The Kier molecular flexibility index (Phi) is 5.88. The molecule has 2 saturated carbocycles. The number of hydrogen-bond donors (Lipinski definition) is 2. The minimum absolute atomic E-state index is 0.0590. The fourth-order valence-corrected chi connectivity index (χ4v) is 2.09. The first-order valence-corrected chi connectivity index (χ1v) is 6.15. The Morgan fingerprint density at radius 1 is 1.00 bits per heavy atom. The quantitative estimate of drug-likeness (QED) is 0.644. The van der Waals surface area contributed by atoms with Crippen molar-refractivity contribution in [3.05, 3.63) is 0 Å². The van der Waals surface area contributed by atoms with Gasteiger partial charge in [-0.15, -0.1) is 0 Å². The number of carbonyl (C=O) groups excluding carboxylic acids is 1. The summed E-state index contributed by atoms with van der Waals surface area (Å²) in [6.07, 6.45) is 9.27. The molecular formula is C12H23NO2. The van der Waals surface area contributed by atoms with Gasteiger partial charge in [-0.3, -0.25) is 4.79 Å². The molecular weight excluding hydrogens is 190 g/mol. The zero-order valence-corrected chi connectivity index (χ0v) is 9.45. The summed E-state index contributed by atoms with van der Waals surface area (Å²) in [5.41, 5.74) is 5.53. The summed E-state index contributed by atoms with van der Waals surface area (Å²) in [6.45, 7) is 0. The van der Waals surface area contributed by atoms with Crippen molar-refractivity contribution >= 4 is 5.78 Å². The van der Waals surface area contributed by atoms with Crippen molar-refractivity contribution in [2.24, 2.45) is 5.73 Å². The Hall–Kier alpha value is -0.410. The van der Waals surface area contributed by atoms with E-state index in [2.05, 4.69) is 0 Å². The summed E-state index contributed by atoms with van der Waals surface area (Å²) in [7, 11) is 0. The Morgan fingerprint density at radius 3 is 1.93 bits per heavy atom. The van der Waals surface area contributed by atoms with Crippen LogP contribution in [-0.4, -0.2) is 23.0 Å². The van der Waals surface area contributed by atoms with Crippen LogP contribution in [0.15, 0.2) is 0 Å². The number of aliphatic hydroxyl groups excluding tert-OH is 1. The number of ketones is 1. The number of rotatable bonds is 0. The molecule has 0 saturated heterocycles. The first-order chi connectivity index (χ1) is 7.20. The highest BCUT2D eigenvalue weighted by Gasteiger charge is 2.17. The predicted octanol–water partition coefficient (Wildman–Crippen LogP) is 1.77. The first kappa shape index (κ1) is 12.7. The summed E-state index contributed by atoms with van der Waals surface area (Å²) in [4.78, 5) is 10.5. The lowest BCUT2D eigenvalue weighted by Crippen LogP contribution is -2.37. The van der Waals surface area contributed by atoms with E-state index in [1.54, 1.807) is 0 Å². The molecule has 0 aromatic heterocycles. The monoisotopic (exact) mass is 213 g/mol. The SMILES string of the molecule is NC1CCCCC1O.O=C1CCCCC1. The topological polar surface area (TPSA) is 63.3 Å². The van der Waals surface area contributed by atoms with Crippen molar-refractivity contribution < 1.29 is 9.90 Å². The largest absolute Gasteiger partial charge is 0.392 e.